The van der Waals surface area contributed by atoms with Gasteiger partial charge in [0, 0.05) is 20.0 Å². The smallest absolute Gasteiger partial charge is 0.261 e. The van der Waals surface area contributed by atoms with E-state index in [4.69, 9.17) is 9.47 Å². The van der Waals surface area contributed by atoms with Crippen LogP contribution in [-0.2, 0) is 22.6 Å². The van der Waals surface area contributed by atoms with Crippen LogP contribution in [0.2, 0.25) is 0 Å². The molecular weight excluding hydrogens is 416 g/mol. The summed E-state index contributed by atoms with van der Waals surface area (Å²) < 4.78 is 11.2. The van der Waals surface area contributed by atoms with E-state index in [0.717, 1.165) is 16.7 Å². The zero-order valence-corrected chi connectivity index (χ0v) is 19.3. The van der Waals surface area contributed by atoms with Crippen molar-refractivity contribution in [2.24, 2.45) is 0 Å². The van der Waals surface area contributed by atoms with Gasteiger partial charge in [0.1, 0.15) is 17.5 Å². The van der Waals surface area contributed by atoms with Crippen LogP contribution in [0.5, 0.6) is 11.5 Å². The first-order chi connectivity index (χ1) is 16.0. The SMILES string of the molecule is CNC(=O)[C@H](Cc1ccccc1)N(Cc1cccc(OC)c1)C(=O)COc1ccccc1C. The lowest BCUT2D eigenvalue weighted by molar-refractivity contribution is -0.142. The lowest BCUT2D eigenvalue weighted by atomic mass is 10.0. The third-order valence-electron chi connectivity index (χ3n) is 5.45. The van der Waals surface area contributed by atoms with Crippen LogP contribution in [0.4, 0.5) is 0 Å². The molecular formula is C27H30N2O4. The molecule has 0 aromatic heterocycles. The molecule has 172 valence electrons. The van der Waals surface area contributed by atoms with Gasteiger partial charge in [-0.3, -0.25) is 9.59 Å². The Kier molecular flexibility index (Phi) is 8.47. The van der Waals surface area contributed by atoms with E-state index in [-0.39, 0.29) is 25.0 Å². The number of hydrogen-bond donors (Lipinski definition) is 1. The van der Waals surface area contributed by atoms with Crippen LogP contribution >= 0.6 is 0 Å². The van der Waals surface area contributed by atoms with Gasteiger partial charge in [-0.25, -0.2) is 0 Å². The summed E-state index contributed by atoms with van der Waals surface area (Å²) in [6.07, 6.45) is 0.389. The van der Waals surface area contributed by atoms with Crippen LogP contribution in [0.25, 0.3) is 0 Å². The Morgan fingerprint density at radius 3 is 2.33 bits per heavy atom. The van der Waals surface area contributed by atoms with Gasteiger partial charge in [-0.2, -0.15) is 0 Å². The minimum atomic E-state index is -0.698. The number of nitrogens with one attached hydrogen (secondary N) is 1. The molecule has 0 saturated heterocycles. The van der Waals surface area contributed by atoms with Gasteiger partial charge in [-0.1, -0.05) is 60.7 Å². The highest BCUT2D eigenvalue weighted by Crippen LogP contribution is 2.20. The molecule has 33 heavy (non-hydrogen) atoms. The number of aryl methyl sites for hydroxylation is 1. The molecule has 0 aliphatic carbocycles. The Hall–Kier alpha value is -3.80. The first kappa shape index (κ1) is 23.9. The molecule has 0 aliphatic heterocycles. The standard InChI is InChI=1S/C27H30N2O4/c1-20-10-7-8-15-25(20)33-19-26(30)29(18-22-13-9-14-23(16-22)32-3)24(27(31)28-2)17-21-11-5-4-6-12-21/h4-16,24H,17-19H2,1-3H3,(H,28,31)/t24-/m0/s1. The topological polar surface area (TPSA) is 67.9 Å². The second-order valence-corrected chi connectivity index (χ2v) is 7.75. The minimum absolute atomic E-state index is 0.170. The van der Waals surface area contributed by atoms with Crippen LogP contribution in [0.1, 0.15) is 16.7 Å². The lowest BCUT2D eigenvalue weighted by Gasteiger charge is -2.31. The zero-order valence-electron chi connectivity index (χ0n) is 19.3. The number of hydrogen-bond acceptors (Lipinski definition) is 4. The number of para-hydroxylation sites is 1. The highest BCUT2D eigenvalue weighted by Gasteiger charge is 2.30. The molecule has 0 heterocycles. The van der Waals surface area contributed by atoms with Crippen molar-refractivity contribution in [2.45, 2.75) is 25.9 Å². The number of methoxy groups -OCH3 is 1. The summed E-state index contributed by atoms with van der Waals surface area (Å²) in [5, 5.41) is 2.71. The molecule has 3 aromatic rings. The van der Waals surface area contributed by atoms with E-state index in [1.54, 1.807) is 19.1 Å². The van der Waals surface area contributed by atoms with Crippen molar-refractivity contribution in [3.63, 3.8) is 0 Å². The number of likely N-dealkylation sites (N-methyl/N-ethyl adjacent to an activating group) is 1. The predicted octanol–water partition coefficient (Wildman–Crippen LogP) is 3.77. The number of nitrogens with zero attached hydrogens (tertiary/aromatic N) is 1. The minimum Gasteiger partial charge on any atom is -0.497 e. The molecule has 1 atom stereocenters. The summed E-state index contributed by atoms with van der Waals surface area (Å²) in [5.41, 5.74) is 2.77. The summed E-state index contributed by atoms with van der Waals surface area (Å²) in [4.78, 5) is 27.9. The highest BCUT2D eigenvalue weighted by molar-refractivity contribution is 5.88. The maximum Gasteiger partial charge on any atom is 0.261 e. The van der Waals surface area contributed by atoms with Crippen molar-refractivity contribution in [2.75, 3.05) is 20.8 Å². The van der Waals surface area contributed by atoms with E-state index >= 15 is 0 Å². The monoisotopic (exact) mass is 446 g/mol. The van der Waals surface area contributed by atoms with Gasteiger partial charge < -0.3 is 19.7 Å². The molecule has 0 radical (unpaired) electrons. The normalized spacial score (nSPS) is 11.4. The summed E-state index contributed by atoms with van der Waals surface area (Å²) in [6, 6.07) is 24.0. The Labute approximate surface area is 195 Å². The molecule has 6 heteroatoms. The first-order valence-corrected chi connectivity index (χ1v) is 10.9. The van der Waals surface area contributed by atoms with Gasteiger partial charge >= 0.3 is 0 Å². The zero-order chi connectivity index (χ0) is 23.6. The molecule has 3 rings (SSSR count). The molecule has 0 bridgehead atoms. The predicted molar refractivity (Wildman–Crippen MR) is 128 cm³/mol. The van der Waals surface area contributed by atoms with Gasteiger partial charge in [-0.05, 0) is 41.8 Å². The molecule has 1 N–H and O–H groups in total. The number of rotatable bonds is 10. The third-order valence-corrected chi connectivity index (χ3v) is 5.45. The molecule has 0 saturated carbocycles. The molecule has 0 unspecified atom stereocenters. The quantitative estimate of drug-likeness (QED) is 0.515. The van der Waals surface area contributed by atoms with E-state index < -0.39 is 6.04 Å². The maximum atomic E-state index is 13.4. The van der Waals surface area contributed by atoms with E-state index in [0.29, 0.717) is 17.9 Å². The second kappa shape index (κ2) is 11.7. The number of carbonyl (C=O) groups excluding carboxylic acids is 2. The van der Waals surface area contributed by atoms with Gasteiger partial charge in [-0.15, -0.1) is 0 Å². The number of amides is 2. The summed E-state index contributed by atoms with van der Waals surface area (Å²) in [7, 11) is 3.18. The number of carbonyl (C=O) groups is 2. The van der Waals surface area contributed by atoms with Crippen LogP contribution in [0.3, 0.4) is 0 Å². The van der Waals surface area contributed by atoms with Gasteiger partial charge in [0.2, 0.25) is 5.91 Å². The highest BCUT2D eigenvalue weighted by atomic mass is 16.5. The summed E-state index contributed by atoms with van der Waals surface area (Å²) >= 11 is 0. The Balaban J connectivity index is 1.89. The average molecular weight is 447 g/mol. The van der Waals surface area contributed by atoms with Gasteiger partial charge in [0.05, 0.1) is 7.11 Å². The van der Waals surface area contributed by atoms with Gasteiger partial charge in [0.25, 0.3) is 5.91 Å². The maximum absolute atomic E-state index is 13.4. The lowest BCUT2D eigenvalue weighted by Crippen LogP contribution is -2.51. The second-order valence-electron chi connectivity index (χ2n) is 7.75. The van der Waals surface area contributed by atoms with Crippen molar-refractivity contribution in [3.8, 4) is 11.5 Å². The Morgan fingerprint density at radius 1 is 0.939 bits per heavy atom. The molecule has 3 aromatic carbocycles. The van der Waals surface area contributed by atoms with E-state index in [1.165, 1.54) is 0 Å². The fourth-order valence-corrected chi connectivity index (χ4v) is 3.63. The van der Waals surface area contributed by atoms with Crippen molar-refractivity contribution >= 4 is 11.8 Å². The average Bonchev–Trinajstić information content (AvgIpc) is 2.85. The molecule has 0 spiro atoms. The largest absolute Gasteiger partial charge is 0.497 e. The number of benzene rings is 3. The Bertz CT molecular complexity index is 1070. The fraction of sp³-hybridized carbons (Fsp3) is 0.259. The first-order valence-electron chi connectivity index (χ1n) is 10.9. The summed E-state index contributed by atoms with van der Waals surface area (Å²) in [5.74, 6) is 0.832. The van der Waals surface area contributed by atoms with Crippen LogP contribution in [0.15, 0.2) is 78.9 Å². The van der Waals surface area contributed by atoms with Crippen LogP contribution < -0.4 is 14.8 Å². The Morgan fingerprint density at radius 2 is 1.64 bits per heavy atom. The molecule has 0 fully saturated rings. The van der Waals surface area contributed by atoms with Crippen molar-refractivity contribution < 1.29 is 19.1 Å². The summed E-state index contributed by atoms with van der Waals surface area (Å²) in [6.45, 7) is 2.01. The van der Waals surface area contributed by atoms with Crippen molar-refractivity contribution in [3.05, 3.63) is 95.6 Å². The molecule has 0 aliphatic rings. The number of ether oxygens (including phenoxy) is 2. The van der Waals surface area contributed by atoms with Crippen molar-refractivity contribution in [1.29, 1.82) is 0 Å². The molecule has 2 amide bonds. The van der Waals surface area contributed by atoms with Crippen LogP contribution in [-0.4, -0.2) is 43.5 Å². The third kappa shape index (κ3) is 6.59. The van der Waals surface area contributed by atoms with E-state index in [1.807, 2.05) is 85.8 Å². The van der Waals surface area contributed by atoms with E-state index in [2.05, 4.69) is 5.32 Å². The van der Waals surface area contributed by atoms with Crippen molar-refractivity contribution in [1.82, 2.24) is 10.2 Å². The fourth-order valence-electron chi connectivity index (χ4n) is 3.63. The molecule has 6 nitrogen and oxygen atoms in total. The van der Waals surface area contributed by atoms with Crippen LogP contribution in [0, 0.1) is 6.92 Å². The van der Waals surface area contributed by atoms with E-state index in [9.17, 15) is 9.59 Å². The van der Waals surface area contributed by atoms with Gasteiger partial charge in [0.15, 0.2) is 6.61 Å².